The highest BCUT2D eigenvalue weighted by atomic mass is 16.5. The zero-order valence-electron chi connectivity index (χ0n) is 12.2. The first kappa shape index (κ1) is 14.7. The number of hydrogen-bond donors (Lipinski definition) is 2. The fraction of sp³-hybridized carbons (Fsp3) is 0.750. The highest BCUT2D eigenvalue weighted by Gasteiger charge is 2.28. The molecule has 8 nitrogen and oxygen atoms in total. The van der Waals surface area contributed by atoms with Gasteiger partial charge in [-0.2, -0.15) is 15.0 Å². The Balaban J connectivity index is 2.20. The smallest absolute Gasteiger partial charge is 0.323 e. The number of methoxy groups -OCH3 is 1. The van der Waals surface area contributed by atoms with Crippen LogP contribution in [0.4, 0.5) is 11.9 Å². The Morgan fingerprint density at radius 1 is 1.40 bits per heavy atom. The topological polar surface area (TPSA) is 98.4 Å². The van der Waals surface area contributed by atoms with Crippen molar-refractivity contribution in [3.05, 3.63) is 0 Å². The molecule has 0 aliphatic carbocycles. The fourth-order valence-electron chi connectivity index (χ4n) is 2.27. The number of hydrazine groups is 1. The Labute approximate surface area is 118 Å². The van der Waals surface area contributed by atoms with Gasteiger partial charge in [0.1, 0.15) is 0 Å². The van der Waals surface area contributed by atoms with Crippen LogP contribution in [0.15, 0.2) is 0 Å². The van der Waals surface area contributed by atoms with Crippen LogP contribution >= 0.6 is 0 Å². The molecular formula is C12H22N6O2. The van der Waals surface area contributed by atoms with E-state index in [1.165, 1.54) is 0 Å². The van der Waals surface area contributed by atoms with Gasteiger partial charge in [0.05, 0.1) is 12.7 Å². The molecule has 0 aromatic carbocycles. The summed E-state index contributed by atoms with van der Waals surface area (Å²) in [5, 5.41) is 0. The van der Waals surface area contributed by atoms with Crippen molar-refractivity contribution >= 4 is 11.9 Å². The molecule has 1 aliphatic heterocycles. The van der Waals surface area contributed by atoms with E-state index in [1.807, 2.05) is 6.92 Å². The van der Waals surface area contributed by atoms with Crippen molar-refractivity contribution in [1.29, 1.82) is 0 Å². The van der Waals surface area contributed by atoms with E-state index in [0.29, 0.717) is 24.4 Å². The van der Waals surface area contributed by atoms with Gasteiger partial charge in [0, 0.05) is 20.2 Å². The van der Waals surface area contributed by atoms with Gasteiger partial charge in [-0.05, 0) is 19.3 Å². The molecule has 1 aromatic rings. The molecule has 1 fully saturated rings. The molecule has 112 valence electrons. The van der Waals surface area contributed by atoms with E-state index in [1.54, 1.807) is 7.11 Å². The van der Waals surface area contributed by atoms with E-state index < -0.39 is 0 Å². The molecule has 3 N–H and O–H groups in total. The standard InChI is InChI=1S/C12H22N6O2/c1-4-20-12-15-10(17-13)14-11(16-12)18-6-5-8(2)9(7-18)19-3/h8-9H,4-7,13H2,1-3H3,(H,14,15,16,17). The van der Waals surface area contributed by atoms with Gasteiger partial charge in [0.15, 0.2) is 0 Å². The molecule has 2 rings (SSSR count). The zero-order valence-corrected chi connectivity index (χ0v) is 12.2. The van der Waals surface area contributed by atoms with Crippen LogP contribution in [0.5, 0.6) is 6.01 Å². The number of nitrogens with zero attached hydrogens (tertiary/aromatic N) is 4. The summed E-state index contributed by atoms with van der Waals surface area (Å²) in [6, 6.07) is 0.276. The highest BCUT2D eigenvalue weighted by molar-refractivity contribution is 5.38. The van der Waals surface area contributed by atoms with Crippen LogP contribution < -0.4 is 20.9 Å². The summed E-state index contributed by atoms with van der Waals surface area (Å²) in [4.78, 5) is 14.7. The first-order valence-corrected chi connectivity index (χ1v) is 6.81. The van der Waals surface area contributed by atoms with Gasteiger partial charge < -0.3 is 14.4 Å². The molecule has 8 heteroatoms. The summed E-state index contributed by atoms with van der Waals surface area (Å²) in [6.45, 7) is 6.18. The van der Waals surface area contributed by atoms with E-state index in [9.17, 15) is 0 Å². The van der Waals surface area contributed by atoms with E-state index in [4.69, 9.17) is 15.3 Å². The normalized spacial score (nSPS) is 22.7. The molecule has 0 radical (unpaired) electrons. The average Bonchev–Trinajstić information content (AvgIpc) is 2.47. The van der Waals surface area contributed by atoms with Crippen molar-refractivity contribution in [2.75, 3.05) is 37.1 Å². The van der Waals surface area contributed by atoms with Crippen LogP contribution in [-0.2, 0) is 4.74 Å². The summed E-state index contributed by atoms with van der Waals surface area (Å²) in [6.07, 6.45) is 1.20. The number of piperidine rings is 1. The number of rotatable bonds is 5. The van der Waals surface area contributed by atoms with Crippen LogP contribution in [0.1, 0.15) is 20.3 Å². The van der Waals surface area contributed by atoms with Gasteiger partial charge >= 0.3 is 6.01 Å². The minimum atomic E-state index is 0.172. The van der Waals surface area contributed by atoms with Gasteiger partial charge in [-0.1, -0.05) is 6.92 Å². The second-order valence-corrected chi connectivity index (χ2v) is 4.81. The quantitative estimate of drug-likeness (QED) is 0.592. The highest BCUT2D eigenvalue weighted by Crippen LogP contribution is 2.24. The molecule has 1 saturated heterocycles. The number of ether oxygens (including phenoxy) is 2. The molecule has 0 saturated carbocycles. The SMILES string of the molecule is CCOc1nc(NN)nc(N2CCC(C)C(OC)C2)n1. The summed E-state index contributed by atoms with van der Waals surface area (Å²) >= 11 is 0. The third kappa shape index (κ3) is 3.26. The Morgan fingerprint density at radius 2 is 2.20 bits per heavy atom. The van der Waals surface area contributed by atoms with Crippen LogP contribution in [0, 0.1) is 5.92 Å². The number of nitrogens with two attached hydrogens (primary N) is 1. The van der Waals surface area contributed by atoms with Gasteiger partial charge in [0.2, 0.25) is 11.9 Å². The van der Waals surface area contributed by atoms with E-state index in [0.717, 1.165) is 19.5 Å². The summed E-state index contributed by atoms with van der Waals surface area (Å²) in [5.41, 5.74) is 2.44. The molecule has 2 heterocycles. The molecule has 0 bridgehead atoms. The van der Waals surface area contributed by atoms with Gasteiger partial charge in [0.25, 0.3) is 0 Å². The molecule has 1 aromatic heterocycles. The molecule has 2 atom stereocenters. The Morgan fingerprint density at radius 3 is 2.85 bits per heavy atom. The summed E-state index contributed by atoms with van der Waals surface area (Å²) in [5.74, 6) is 6.77. The zero-order chi connectivity index (χ0) is 14.5. The largest absolute Gasteiger partial charge is 0.464 e. The maximum atomic E-state index is 5.51. The molecule has 20 heavy (non-hydrogen) atoms. The molecule has 1 aliphatic rings. The van der Waals surface area contributed by atoms with Crippen molar-refractivity contribution in [3.63, 3.8) is 0 Å². The first-order chi connectivity index (χ1) is 9.67. The second-order valence-electron chi connectivity index (χ2n) is 4.81. The second kappa shape index (κ2) is 6.67. The van der Waals surface area contributed by atoms with Crippen molar-refractivity contribution in [3.8, 4) is 6.01 Å². The van der Waals surface area contributed by atoms with Crippen LogP contribution in [0.25, 0.3) is 0 Å². The lowest BCUT2D eigenvalue weighted by molar-refractivity contribution is 0.0494. The van der Waals surface area contributed by atoms with E-state index >= 15 is 0 Å². The lowest BCUT2D eigenvalue weighted by Crippen LogP contribution is -2.44. The summed E-state index contributed by atoms with van der Waals surface area (Å²) < 4.78 is 10.8. The third-order valence-electron chi connectivity index (χ3n) is 3.48. The Bertz CT molecular complexity index is 444. The number of anilines is 2. The fourth-order valence-corrected chi connectivity index (χ4v) is 2.27. The van der Waals surface area contributed by atoms with Crippen molar-refractivity contribution in [2.45, 2.75) is 26.4 Å². The Kier molecular flexibility index (Phi) is 4.91. The minimum absolute atomic E-state index is 0.172. The van der Waals surface area contributed by atoms with Crippen LogP contribution in [0.3, 0.4) is 0 Å². The lowest BCUT2D eigenvalue weighted by Gasteiger charge is -2.36. The first-order valence-electron chi connectivity index (χ1n) is 6.81. The van der Waals surface area contributed by atoms with E-state index in [2.05, 4.69) is 32.2 Å². The number of hydrogen-bond acceptors (Lipinski definition) is 8. The maximum absolute atomic E-state index is 5.51. The van der Waals surface area contributed by atoms with Crippen molar-refractivity contribution < 1.29 is 9.47 Å². The van der Waals surface area contributed by atoms with Gasteiger partial charge in [-0.15, -0.1) is 0 Å². The minimum Gasteiger partial charge on any atom is -0.464 e. The lowest BCUT2D eigenvalue weighted by atomic mass is 9.96. The summed E-state index contributed by atoms with van der Waals surface area (Å²) in [7, 11) is 1.73. The third-order valence-corrected chi connectivity index (χ3v) is 3.48. The molecular weight excluding hydrogens is 260 g/mol. The molecule has 0 amide bonds. The number of nitrogen functional groups attached to an aromatic ring is 1. The van der Waals surface area contributed by atoms with Crippen molar-refractivity contribution in [1.82, 2.24) is 15.0 Å². The molecule has 2 unspecified atom stereocenters. The van der Waals surface area contributed by atoms with Crippen molar-refractivity contribution in [2.24, 2.45) is 11.8 Å². The Hall–Kier alpha value is -1.67. The average molecular weight is 282 g/mol. The predicted octanol–water partition coefficient (Wildman–Crippen LogP) is 0.417. The van der Waals surface area contributed by atoms with Gasteiger partial charge in [-0.3, -0.25) is 5.43 Å². The maximum Gasteiger partial charge on any atom is 0.323 e. The van der Waals surface area contributed by atoms with Gasteiger partial charge in [-0.25, -0.2) is 5.84 Å². The monoisotopic (exact) mass is 282 g/mol. The molecule has 0 spiro atoms. The van der Waals surface area contributed by atoms with E-state index in [-0.39, 0.29) is 12.1 Å². The van der Waals surface area contributed by atoms with Crippen LogP contribution in [-0.4, -0.2) is 47.9 Å². The predicted molar refractivity (Wildman–Crippen MR) is 75.6 cm³/mol. The number of aromatic nitrogens is 3. The van der Waals surface area contributed by atoms with Crippen LogP contribution in [0.2, 0.25) is 0 Å². The number of nitrogens with one attached hydrogen (secondary N) is 1.